The number of hydrogen-bond acceptors (Lipinski definition) is 4. The van der Waals surface area contributed by atoms with Crippen LogP contribution >= 0.6 is 23.2 Å². The summed E-state index contributed by atoms with van der Waals surface area (Å²) in [6, 6.07) is 21.8. The summed E-state index contributed by atoms with van der Waals surface area (Å²) in [6.07, 6.45) is 2.93. The fourth-order valence-corrected chi connectivity index (χ4v) is 5.49. The summed E-state index contributed by atoms with van der Waals surface area (Å²) >= 11 is 12.9. The van der Waals surface area contributed by atoms with Crippen molar-refractivity contribution in [3.8, 4) is 0 Å². The Morgan fingerprint density at radius 3 is 2.05 bits per heavy atom. The Labute approximate surface area is 240 Å². The molecule has 10 heteroatoms. The quantitative estimate of drug-likeness (QED) is 0.273. The minimum absolute atomic E-state index is 0.0809. The minimum atomic E-state index is -3.82. The summed E-state index contributed by atoms with van der Waals surface area (Å²) in [5, 5.41) is 3.62. The fourth-order valence-electron chi connectivity index (χ4n) is 4.12. The first-order chi connectivity index (χ1) is 18.6. The van der Waals surface area contributed by atoms with Crippen molar-refractivity contribution in [1.29, 1.82) is 0 Å². The second-order valence-electron chi connectivity index (χ2n) is 9.18. The fraction of sp³-hybridized carbons (Fsp3) is 0.310. The van der Waals surface area contributed by atoms with E-state index in [1.165, 1.54) is 4.90 Å². The molecule has 0 aliphatic heterocycles. The van der Waals surface area contributed by atoms with Gasteiger partial charge in [0.15, 0.2) is 0 Å². The molecule has 1 N–H and O–H groups in total. The van der Waals surface area contributed by atoms with Crippen molar-refractivity contribution in [2.24, 2.45) is 0 Å². The Morgan fingerprint density at radius 1 is 0.897 bits per heavy atom. The second-order valence-corrected chi connectivity index (χ2v) is 11.9. The summed E-state index contributed by atoms with van der Waals surface area (Å²) in [4.78, 5) is 29.0. The number of nitrogens with zero attached hydrogens (tertiary/aromatic N) is 2. The van der Waals surface area contributed by atoms with Gasteiger partial charge in [0.05, 0.1) is 11.9 Å². The molecule has 3 rings (SSSR count). The van der Waals surface area contributed by atoms with Crippen LogP contribution in [-0.2, 0) is 32.6 Å². The molecule has 0 fully saturated rings. The predicted octanol–water partition coefficient (Wildman–Crippen LogP) is 5.32. The topological polar surface area (TPSA) is 86.8 Å². The largest absolute Gasteiger partial charge is 0.354 e. The van der Waals surface area contributed by atoms with Gasteiger partial charge in [-0.1, -0.05) is 91.1 Å². The number of benzene rings is 3. The number of unbranched alkanes of at least 4 members (excludes halogenated alkanes) is 1. The molecule has 0 spiro atoms. The lowest BCUT2D eigenvalue weighted by Gasteiger charge is -2.34. The van der Waals surface area contributed by atoms with Gasteiger partial charge in [0.1, 0.15) is 12.6 Å². The molecule has 0 aromatic heterocycles. The minimum Gasteiger partial charge on any atom is -0.354 e. The Balaban J connectivity index is 2.06. The Kier molecular flexibility index (Phi) is 11.2. The molecule has 0 heterocycles. The summed E-state index contributed by atoms with van der Waals surface area (Å²) in [6.45, 7) is 1.89. The van der Waals surface area contributed by atoms with E-state index in [0.29, 0.717) is 27.8 Å². The van der Waals surface area contributed by atoms with E-state index in [2.05, 4.69) is 5.32 Å². The maximum atomic E-state index is 14.0. The molecule has 0 radical (unpaired) electrons. The molecule has 0 aliphatic rings. The van der Waals surface area contributed by atoms with Gasteiger partial charge in [-0.2, -0.15) is 0 Å². The van der Waals surface area contributed by atoms with E-state index < -0.39 is 28.5 Å². The van der Waals surface area contributed by atoms with Gasteiger partial charge in [0.25, 0.3) is 0 Å². The van der Waals surface area contributed by atoms with Gasteiger partial charge in [-0.3, -0.25) is 13.9 Å². The monoisotopic (exact) mass is 589 g/mol. The van der Waals surface area contributed by atoms with Crippen LogP contribution in [0.5, 0.6) is 0 Å². The molecule has 7 nitrogen and oxygen atoms in total. The Morgan fingerprint density at radius 2 is 1.49 bits per heavy atom. The number of sulfonamides is 1. The maximum Gasteiger partial charge on any atom is 0.244 e. The average Bonchev–Trinajstić information content (AvgIpc) is 2.91. The first-order valence-electron chi connectivity index (χ1n) is 12.7. The van der Waals surface area contributed by atoms with Crippen LogP contribution in [0.3, 0.4) is 0 Å². The van der Waals surface area contributed by atoms with Crippen LogP contribution in [0.1, 0.15) is 30.9 Å². The SMILES string of the molecule is CCCCNC(=O)C(Cc1ccccc1)N(Cc1c(Cl)cccc1Cl)C(=O)CN(c1ccccc1)S(C)(=O)=O. The van der Waals surface area contributed by atoms with Crippen LogP contribution in [0.4, 0.5) is 5.69 Å². The van der Waals surface area contributed by atoms with Crippen LogP contribution in [0, 0.1) is 0 Å². The smallest absolute Gasteiger partial charge is 0.244 e. The van der Waals surface area contributed by atoms with E-state index >= 15 is 0 Å². The molecule has 2 amide bonds. The van der Waals surface area contributed by atoms with Crippen molar-refractivity contribution in [3.63, 3.8) is 0 Å². The number of amides is 2. The lowest BCUT2D eigenvalue weighted by Crippen LogP contribution is -2.53. The number of hydrogen-bond donors (Lipinski definition) is 1. The van der Waals surface area contributed by atoms with Crippen LogP contribution in [-0.4, -0.2) is 50.5 Å². The summed E-state index contributed by atoms with van der Waals surface area (Å²) < 4.78 is 26.6. The number of para-hydroxylation sites is 1. The van der Waals surface area contributed by atoms with E-state index in [1.54, 1.807) is 48.5 Å². The molecule has 0 saturated heterocycles. The van der Waals surface area contributed by atoms with Crippen molar-refractivity contribution >= 4 is 50.7 Å². The van der Waals surface area contributed by atoms with Crippen molar-refractivity contribution in [1.82, 2.24) is 10.2 Å². The number of nitrogens with one attached hydrogen (secondary N) is 1. The molecule has 1 unspecified atom stereocenters. The molecule has 0 aliphatic carbocycles. The number of carbonyl (C=O) groups is 2. The van der Waals surface area contributed by atoms with Gasteiger partial charge < -0.3 is 10.2 Å². The average molecular weight is 591 g/mol. The van der Waals surface area contributed by atoms with Crippen molar-refractivity contribution in [2.45, 2.75) is 38.8 Å². The number of rotatable bonds is 13. The van der Waals surface area contributed by atoms with Crippen molar-refractivity contribution < 1.29 is 18.0 Å². The van der Waals surface area contributed by atoms with E-state index in [-0.39, 0.29) is 18.9 Å². The zero-order chi connectivity index (χ0) is 28.4. The van der Waals surface area contributed by atoms with Crippen LogP contribution < -0.4 is 9.62 Å². The molecular formula is C29H33Cl2N3O4S. The summed E-state index contributed by atoms with van der Waals surface area (Å²) in [5.74, 6) is -0.902. The lowest BCUT2D eigenvalue weighted by molar-refractivity contribution is -0.140. The molecule has 3 aromatic rings. The zero-order valence-electron chi connectivity index (χ0n) is 22.0. The first-order valence-corrected chi connectivity index (χ1v) is 15.3. The van der Waals surface area contributed by atoms with Gasteiger partial charge in [-0.05, 0) is 36.2 Å². The van der Waals surface area contributed by atoms with E-state index in [1.807, 2.05) is 37.3 Å². The molecular weight excluding hydrogens is 557 g/mol. The van der Waals surface area contributed by atoms with Gasteiger partial charge in [-0.25, -0.2) is 8.42 Å². The first kappa shape index (κ1) is 30.5. The van der Waals surface area contributed by atoms with Crippen LogP contribution in [0.15, 0.2) is 78.9 Å². The lowest BCUT2D eigenvalue weighted by atomic mass is 10.0. The molecule has 1 atom stereocenters. The Hall–Kier alpha value is -3.07. The van der Waals surface area contributed by atoms with Crippen LogP contribution in [0.25, 0.3) is 0 Å². The molecule has 0 bridgehead atoms. The van der Waals surface area contributed by atoms with Crippen LogP contribution in [0.2, 0.25) is 10.0 Å². The van der Waals surface area contributed by atoms with Gasteiger partial charge in [0.2, 0.25) is 21.8 Å². The molecule has 39 heavy (non-hydrogen) atoms. The highest BCUT2D eigenvalue weighted by Gasteiger charge is 2.33. The highest BCUT2D eigenvalue weighted by molar-refractivity contribution is 7.92. The van der Waals surface area contributed by atoms with Crippen molar-refractivity contribution in [3.05, 3.63) is 100 Å². The molecule has 208 valence electrons. The van der Waals surface area contributed by atoms with E-state index in [9.17, 15) is 18.0 Å². The third-order valence-electron chi connectivity index (χ3n) is 6.21. The van der Waals surface area contributed by atoms with Gasteiger partial charge >= 0.3 is 0 Å². The van der Waals surface area contributed by atoms with Crippen molar-refractivity contribution in [2.75, 3.05) is 23.7 Å². The maximum absolute atomic E-state index is 14.0. The van der Waals surface area contributed by atoms with Gasteiger partial charge in [0, 0.05) is 35.1 Å². The standard InChI is InChI=1S/C29H33Cl2N3O4S/c1-3-4-18-32-29(36)27(19-22-12-7-5-8-13-22)33(20-24-25(30)16-11-17-26(24)31)28(35)21-34(39(2,37)38)23-14-9-6-10-15-23/h5-17,27H,3-4,18-21H2,1-2H3,(H,32,36). The molecule has 0 saturated carbocycles. The van der Waals surface area contributed by atoms with Gasteiger partial charge in [-0.15, -0.1) is 0 Å². The highest BCUT2D eigenvalue weighted by Crippen LogP contribution is 2.28. The van der Waals surface area contributed by atoms with E-state index in [4.69, 9.17) is 23.2 Å². The predicted molar refractivity (Wildman–Crippen MR) is 157 cm³/mol. The van der Waals surface area contributed by atoms with E-state index in [0.717, 1.165) is 29.0 Å². The summed E-state index contributed by atoms with van der Waals surface area (Å²) in [7, 11) is -3.82. The second kappa shape index (κ2) is 14.4. The third-order valence-corrected chi connectivity index (χ3v) is 8.06. The molecule has 3 aromatic carbocycles. The summed E-state index contributed by atoms with van der Waals surface area (Å²) in [5.41, 5.74) is 1.66. The number of carbonyl (C=O) groups excluding carboxylic acids is 2. The zero-order valence-corrected chi connectivity index (χ0v) is 24.3. The third kappa shape index (κ3) is 8.71. The highest BCUT2D eigenvalue weighted by atomic mass is 35.5. The number of anilines is 1. The Bertz CT molecular complexity index is 1340. The number of halogens is 2. The normalized spacial score (nSPS) is 12.0.